The summed E-state index contributed by atoms with van der Waals surface area (Å²) in [4.78, 5) is 19.2. The van der Waals surface area contributed by atoms with Crippen LogP contribution in [0.25, 0.3) is 10.9 Å². The number of fused-ring (bicyclic) bond motifs is 1. The zero-order valence-corrected chi connectivity index (χ0v) is 16.0. The molecule has 1 fully saturated rings. The van der Waals surface area contributed by atoms with Crippen LogP contribution in [0, 0.1) is 0 Å². The number of carbonyl (C=O) groups is 1. The third-order valence-electron chi connectivity index (χ3n) is 4.70. The van der Waals surface area contributed by atoms with Gasteiger partial charge in [-0.05, 0) is 31.0 Å². The highest BCUT2D eigenvalue weighted by Crippen LogP contribution is 2.19. The number of halogens is 1. The van der Waals surface area contributed by atoms with Gasteiger partial charge in [-0.1, -0.05) is 22.0 Å². The lowest BCUT2D eigenvalue weighted by atomic mass is 10.0. The minimum Gasteiger partial charge on any atom is -0.349 e. The van der Waals surface area contributed by atoms with Crippen molar-refractivity contribution in [2.75, 3.05) is 20.1 Å². The molecule has 2 aliphatic heterocycles. The third-order valence-corrected chi connectivity index (χ3v) is 5.19. The van der Waals surface area contributed by atoms with Gasteiger partial charge in [0.1, 0.15) is 0 Å². The third kappa shape index (κ3) is 3.45. The topological polar surface area (TPSA) is 84.9 Å². The molecule has 1 aromatic heterocycles. The van der Waals surface area contributed by atoms with Gasteiger partial charge >= 0.3 is 0 Å². The molecule has 136 valence electrons. The minimum absolute atomic E-state index is 0.0700. The van der Waals surface area contributed by atoms with Crippen molar-refractivity contribution in [3.8, 4) is 0 Å². The Morgan fingerprint density at radius 2 is 2.12 bits per heavy atom. The van der Waals surface area contributed by atoms with E-state index in [1.807, 2.05) is 36.3 Å². The summed E-state index contributed by atoms with van der Waals surface area (Å²) < 4.78 is 0.976. The Bertz CT molecular complexity index is 863. The highest BCUT2D eigenvalue weighted by Gasteiger charge is 2.26. The van der Waals surface area contributed by atoms with Crippen molar-refractivity contribution in [2.45, 2.75) is 18.9 Å². The average molecular weight is 418 g/mol. The van der Waals surface area contributed by atoms with Crippen LogP contribution in [0.15, 0.2) is 40.0 Å². The van der Waals surface area contributed by atoms with Crippen LogP contribution in [-0.4, -0.2) is 52.9 Å². The second-order valence-corrected chi connectivity index (χ2v) is 7.41. The smallest absolute Gasteiger partial charge is 0.253 e. The number of guanidine groups is 1. The molecule has 9 heteroatoms. The number of hydrazine groups is 2. The minimum atomic E-state index is -0.0700. The van der Waals surface area contributed by atoms with Gasteiger partial charge in [0, 0.05) is 42.2 Å². The monoisotopic (exact) mass is 417 g/mol. The molecule has 1 amide bonds. The second-order valence-electron chi connectivity index (χ2n) is 6.49. The Morgan fingerprint density at radius 3 is 2.85 bits per heavy atom. The molecule has 2 aromatic rings. The first-order valence-electron chi connectivity index (χ1n) is 8.53. The molecule has 0 bridgehead atoms. The number of piperidine rings is 1. The van der Waals surface area contributed by atoms with Gasteiger partial charge in [0.25, 0.3) is 5.91 Å². The standard InChI is InChI=1S/C17H20BrN7O/c1-24-17(21-22-23-24)25-6-4-14(5-7-25)20-16(26)12-8-11-2-3-13(18)9-15(11)19-10-12/h2-3,8-10,14,22-23H,4-7H2,1H3,(H,20,26). The molecule has 8 nitrogen and oxygen atoms in total. The first kappa shape index (κ1) is 17.0. The van der Waals surface area contributed by atoms with Crippen molar-refractivity contribution in [1.82, 2.24) is 31.3 Å². The quantitative estimate of drug-likeness (QED) is 0.684. The van der Waals surface area contributed by atoms with Crippen molar-refractivity contribution in [2.24, 2.45) is 5.10 Å². The van der Waals surface area contributed by atoms with Gasteiger partial charge in [-0.25, -0.2) is 5.53 Å². The Kier molecular flexibility index (Phi) is 4.64. The number of carbonyl (C=O) groups excluding carboxylic acids is 1. The lowest BCUT2D eigenvalue weighted by Crippen LogP contribution is -2.51. The molecule has 0 aliphatic carbocycles. The van der Waals surface area contributed by atoms with Crippen molar-refractivity contribution in [3.63, 3.8) is 0 Å². The van der Waals surface area contributed by atoms with E-state index in [1.54, 1.807) is 6.20 Å². The van der Waals surface area contributed by atoms with E-state index in [0.29, 0.717) is 5.56 Å². The summed E-state index contributed by atoms with van der Waals surface area (Å²) in [6.07, 6.45) is 3.40. The van der Waals surface area contributed by atoms with E-state index in [1.165, 1.54) is 0 Å². The fraction of sp³-hybridized carbons (Fsp3) is 0.353. The summed E-state index contributed by atoms with van der Waals surface area (Å²) in [5.41, 5.74) is 7.11. The molecule has 0 spiro atoms. The number of nitrogens with one attached hydrogen (secondary N) is 3. The molecule has 0 radical (unpaired) electrons. The zero-order valence-electron chi connectivity index (χ0n) is 14.4. The molecule has 1 aromatic carbocycles. The summed E-state index contributed by atoms with van der Waals surface area (Å²) in [5.74, 6) is 0.805. The number of likely N-dealkylation sites (tertiary alicyclic amines) is 1. The van der Waals surface area contributed by atoms with Gasteiger partial charge in [0.15, 0.2) is 0 Å². The van der Waals surface area contributed by atoms with Crippen LogP contribution in [0.5, 0.6) is 0 Å². The molecular weight excluding hydrogens is 398 g/mol. The number of hydrogen-bond donors (Lipinski definition) is 3. The Morgan fingerprint density at radius 1 is 1.31 bits per heavy atom. The number of aromatic nitrogens is 1. The molecule has 0 atom stereocenters. The lowest BCUT2D eigenvalue weighted by Gasteiger charge is -2.34. The fourth-order valence-electron chi connectivity index (χ4n) is 3.27. The van der Waals surface area contributed by atoms with E-state index < -0.39 is 0 Å². The molecule has 2 aliphatic rings. The van der Waals surface area contributed by atoms with Gasteiger partial charge in [-0.2, -0.15) is 0 Å². The number of benzene rings is 1. The second kappa shape index (κ2) is 7.08. The highest BCUT2D eigenvalue weighted by molar-refractivity contribution is 9.10. The van der Waals surface area contributed by atoms with Crippen molar-refractivity contribution < 1.29 is 4.79 Å². The number of nitrogens with zero attached hydrogens (tertiary/aromatic N) is 4. The predicted octanol–water partition coefficient (Wildman–Crippen LogP) is 1.42. The van der Waals surface area contributed by atoms with Gasteiger partial charge in [-0.15, -0.1) is 10.6 Å². The van der Waals surface area contributed by atoms with E-state index in [4.69, 9.17) is 0 Å². The zero-order chi connectivity index (χ0) is 18.1. The number of pyridine rings is 1. The molecule has 1 saturated heterocycles. The normalized spacial score (nSPS) is 18.0. The summed E-state index contributed by atoms with van der Waals surface area (Å²) in [5, 5.41) is 10.2. The van der Waals surface area contributed by atoms with Crippen LogP contribution >= 0.6 is 15.9 Å². The number of hydrogen-bond acceptors (Lipinski definition) is 7. The first-order chi connectivity index (χ1) is 12.6. The molecule has 0 unspecified atom stereocenters. The SMILES string of the molecule is CN1NNN=C1N1CCC(NC(=O)c2cnc3cc(Br)ccc3c2)CC1. The maximum atomic E-state index is 12.6. The van der Waals surface area contributed by atoms with Crippen LogP contribution < -0.4 is 16.4 Å². The first-order valence-corrected chi connectivity index (χ1v) is 9.32. The van der Waals surface area contributed by atoms with Gasteiger partial charge in [-0.3, -0.25) is 14.8 Å². The van der Waals surface area contributed by atoms with Crippen LogP contribution in [-0.2, 0) is 0 Å². The number of hydrazone groups is 1. The average Bonchev–Trinajstić information content (AvgIpc) is 3.08. The van der Waals surface area contributed by atoms with E-state index >= 15 is 0 Å². The Balaban J connectivity index is 1.37. The molecular formula is C17H20BrN7O. The summed E-state index contributed by atoms with van der Waals surface area (Å²) in [7, 11) is 1.91. The maximum Gasteiger partial charge on any atom is 0.253 e. The van der Waals surface area contributed by atoms with Gasteiger partial charge < -0.3 is 10.2 Å². The molecule has 4 rings (SSSR count). The van der Waals surface area contributed by atoms with Crippen molar-refractivity contribution in [3.05, 3.63) is 40.5 Å². The van der Waals surface area contributed by atoms with Crippen LogP contribution in [0.2, 0.25) is 0 Å². The van der Waals surface area contributed by atoms with Crippen molar-refractivity contribution >= 4 is 38.7 Å². The van der Waals surface area contributed by atoms with Crippen LogP contribution in [0.3, 0.4) is 0 Å². The van der Waals surface area contributed by atoms with Gasteiger partial charge in [0.2, 0.25) is 5.96 Å². The Labute approximate surface area is 159 Å². The van der Waals surface area contributed by atoms with Crippen LogP contribution in [0.4, 0.5) is 0 Å². The number of amides is 1. The Hall–Kier alpha value is -2.39. The molecule has 0 saturated carbocycles. The molecule has 26 heavy (non-hydrogen) atoms. The lowest BCUT2D eigenvalue weighted by molar-refractivity contribution is 0.0920. The highest BCUT2D eigenvalue weighted by atomic mass is 79.9. The number of rotatable bonds is 2. The summed E-state index contributed by atoms with van der Waals surface area (Å²) in [6.45, 7) is 1.70. The van der Waals surface area contributed by atoms with E-state index in [9.17, 15) is 4.79 Å². The van der Waals surface area contributed by atoms with E-state index in [0.717, 1.165) is 47.3 Å². The largest absolute Gasteiger partial charge is 0.349 e. The van der Waals surface area contributed by atoms with E-state index in [-0.39, 0.29) is 11.9 Å². The molecule has 3 heterocycles. The van der Waals surface area contributed by atoms with Gasteiger partial charge in [0.05, 0.1) is 11.1 Å². The molecule has 3 N–H and O–H groups in total. The van der Waals surface area contributed by atoms with E-state index in [2.05, 4.69) is 47.3 Å². The summed E-state index contributed by atoms with van der Waals surface area (Å²) in [6, 6.07) is 7.90. The van der Waals surface area contributed by atoms with Crippen molar-refractivity contribution in [1.29, 1.82) is 0 Å². The predicted molar refractivity (Wildman–Crippen MR) is 103 cm³/mol. The fourth-order valence-corrected chi connectivity index (χ4v) is 3.62. The maximum absolute atomic E-state index is 12.6. The van der Waals surface area contributed by atoms with Crippen LogP contribution in [0.1, 0.15) is 23.2 Å². The summed E-state index contributed by atoms with van der Waals surface area (Å²) >= 11 is 3.44.